The first-order chi connectivity index (χ1) is 22.7. The largest absolute Gasteiger partial charge is 0.457 e. The first kappa shape index (κ1) is 32.0. The van der Waals surface area contributed by atoms with Crippen LogP contribution < -0.4 is 15.2 Å². The molecule has 7 nitrogen and oxygen atoms in total. The van der Waals surface area contributed by atoms with E-state index in [9.17, 15) is 8.42 Å². The molecule has 1 aliphatic heterocycles. The van der Waals surface area contributed by atoms with Crippen LogP contribution in [0.5, 0.6) is 11.5 Å². The number of nitrogens with zero attached hydrogens (tertiary/aromatic N) is 1. The highest BCUT2D eigenvalue weighted by atomic mass is 32.2. The lowest BCUT2D eigenvalue weighted by Crippen LogP contribution is -2.13. The van der Waals surface area contributed by atoms with Crippen LogP contribution in [0.2, 0.25) is 0 Å². The summed E-state index contributed by atoms with van der Waals surface area (Å²) in [7, 11) is -3.79. The third kappa shape index (κ3) is 6.79. The van der Waals surface area contributed by atoms with Crippen LogP contribution in [0, 0.1) is 12.3 Å². The van der Waals surface area contributed by atoms with E-state index < -0.39 is 10.0 Å². The fourth-order valence-electron chi connectivity index (χ4n) is 6.06. The van der Waals surface area contributed by atoms with Gasteiger partial charge in [-0.2, -0.15) is 0 Å². The number of aliphatic imine (C=N–C) groups is 1. The summed E-state index contributed by atoms with van der Waals surface area (Å²) in [5, 5.41) is 10.4. The van der Waals surface area contributed by atoms with Crippen LogP contribution in [0.1, 0.15) is 67.3 Å². The monoisotopic (exact) mass is 644 g/mol. The molecule has 0 aliphatic carbocycles. The zero-order valence-electron chi connectivity index (χ0n) is 27.1. The minimum atomic E-state index is -3.79. The zero-order chi connectivity index (χ0) is 33.1. The molecule has 0 aromatic heterocycles. The Morgan fingerprint density at radius 1 is 0.830 bits per heavy atom. The molecule has 5 aromatic carbocycles. The SMILES string of the molecule is CCCCc1cccc(-c2c3c(cc4cc(CCCC)cc(Oc5ccc(S(=O)(=O)Nc6ccc(C)cc6)cc5)c24)C(=N)N=C3N)c1. The molecule has 0 unspecified atom stereocenters. The number of hydrogen-bond acceptors (Lipinski definition) is 5. The minimum Gasteiger partial charge on any atom is -0.457 e. The number of fused-ring (bicyclic) bond motifs is 2. The Bertz CT molecular complexity index is 2100. The lowest BCUT2D eigenvalue weighted by atomic mass is 9.87. The number of benzene rings is 5. The number of amidine groups is 2. The standard InChI is InChI=1S/C39H40N4O3S/c1-4-6-9-26-11-8-12-28(21-26)36-35-29(24-33-37(36)39(41)42-38(33)40)22-27(10-7-5-2)23-34(35)46-31-17-19-32(20-18-31)47(44,45)43-30-15-13-25(3)14-16-30/h8,11-24,43H,4-7,9-10H2,1-3H3,(H3,40,41,42). The maximum atomic E-state index is 13.1. The summed E-state index contributed by atoms with van der Waals surface area (Å²) in [4.78, 5) is 4.50. The summed E-state index contributed by atoms with van der Waals surface area (Å²) in [6, 6.07) is 28.4. The molecule has 0 saturated carbocycles. The third-order valence-electron chi connectivity index (χ3n) is 8.52. The zero-order valence-corrected chi connectivity index (χ0v) is 27.9. The van der Waals surface area contributed by atoms with Crippen molar-refractivity contribution in [3.63, 3.8) is 0 Å². The van der Waals surface area contributed by atoms with Crippen molar-refractivity contribution in [3.8, 4) is 22.6 Å². The molecule has 47 heavy (non-hydrogen) atoms. The lowest BCUT2D eigenvalue weighted by molar-refractivity contribution is 0.487. The number of nitrogens with two attached hydrogens (primary N) is 1. The molecular formula is C39H40N4O3S. The van der Waals surface area contributed by atoms with E-state index in [4.69, 9.17) is 15.9 Å². The highest BCUT2D eigenvalue weighted by Gasteiger charge is 2.27. The molecule has 0 amide bonds. The van der Waals surface area contributed by atoms with Gasteiger partial charge in [0.05, 0.1) is 4.90 Å². The summed E-state index contributed by atoms with van der Waals surface area (Å²) in [6.07, 6.45) is 6.11. The molecule has 1 heterocycles. The molecule has 5 aromatic rings. The highest BCUT2D eigenvalue weighted by Crippen LogP contribution is 2.44. The Morgan fingerprint density at radius 2 is 1.53 bits per heavy atom. The van der Waals surface area contributed by atoms with E-state index >= 15 is 0 Å². The Labute approximate surface area is 277 Å². The van der Waals surface area contributed by atoms with Crippen molar-refractivity contribution in [3.05, 3.63) is 119 Å². The molecule has 0 atom stereocenters. The van der Waals surface area contributed by atoms with Gasteiger partial charge in [-0.15, -0.1) is 0 Å². The maximum absolute atomic E-state index is 13.1. The van der Waals surface area contributed by atoms with E-state index in [0.717, 1.165) is 77.1 Å². The van der Waals surface area contributed by atoms with Crippen LogP contribution in [0.15, 0.2) is 101 Å². The van der Waals surface area contributed by atoms with Gasteiger partial charge in [0.15, 0.2) is 5.84 Å². The smallest absolute Gasteiger partial charge is 0.261 e. The Balaban J connectivity index is 1.46. The highest BCUT2D eigenvalue weighted by molar-refractivity contribution is 7.92. The van der Waals surface area contributed by atoms with Crippen molar-refractivity contribution < 1.29 is 13.2 Å². The first-order valence-electron chi connectivity index (χ1n) is 16.2. The number of nitrogens with one attached hydrogen (secondary N) is 2. The molecule has 4 N–H and O–H groups in total. The molecule has 0 spiro atoms. The number of anilines is 1. The van der Waals surface area contributed by atoms with Crippen LogP contribution in [0.4, 0.5) is 5.69 Å². The summed E-state index contributed by atoms with van der Waals surface area (Å²) in [5.41, 5.74) is 13.7. The van der Waals surface area contributed by atoms with Crippen LogP contribution >= 0.6 is 0 Å². The van der Waals surface area contributed by atoms with Crippen LogP contribution in [0.25, 0.3) is 21.9 Å². The van der Waals surface area contributed by atoms with Gasteiger partial charge < -0.3 is 10.5 Å². The number of sulfonamides is 1. The van der Waals surface area contributed by atoms with E-state index in [1.165, 1.54) is 5.56 Å². The fourth-order valence-corrected chi connectivity index (χ4v) is 7.12. The lowest BCUT2D eigenvalue weighted by Gasteiger charge is -2.19. The first-order valence-corrected chi connectivity index (χ1v) is 17.7. The number of unbranched alkanes of at least 4 members (excludes halogenated alkanes) is 2. The second-order valence-corrected chi connectivity index (χ2v) is 13.8. The summed E-state index contributed by atoms with van der Waals surface area (Å²) in [6.45, 7) is 6.31. The van der Waals surface area contributed by atoms with E-state index in [-0.39, 0.29) is 10.7 Å². The normalized spacial score (nSPS) is 12.7. The van der Waals surface area contributed by atoms with Crippen molar-refractivity contribution in [2.45, 2.75) is 64.2 Å². The fraction of sp³-hybridized carbons (Fsp3) is 0.231. The summed E-state index contributed by atoms with van der Waals surface area (Å²) >= 11 is 0. The van der Waals surface area contributed by atoms with Crippen molar-refractivity contribution in [2.75, 3.05) is 4.72 Å². The van der Waals surface area contributed by atoms with E-state index in [0.29, 0.717) is 28.6 Å². The van der Waals surface area contributed by atoms with Gasteiger partial charge in [0.1, 0.15) is 17.3 Å². The topological polar surface area (TPSA) is 118 Å². The van der Waals surface area contributed by atoms with Crippen LogP contribution in [-0.2, 0) is 22.9 Å². The van der Waals surface area contributed by atoms with Crippen molar-refractivity contribution in [1.29, 1.82) is 5.41 Å². The Kier molecular flexibility index (Phi) is 9.14. The van der Waals surface area contributed by atoms with Crippen LogP contribution in [-0.4, -0.2) is 20.1 Å². The second kappa shape index (κ2) is 13.4. The molecule has 0 radical (unpaired) electrons. The molecule has 1 aliphatic rings. The van der Waals surface area contributed by atoms with Gasteiger partial charge in [0, 0.05) is 27.8 Å². The molecule has 8 heteroatoms. The van der Waals surface area contributed by atoms with Gasteiger partial charge in [-0.25, -0.2) is 13.4 Å². The van der Waals surface area contributed by atoms with Gasteiger partial charge in [-0.3, -0.25) is 10.1 Å². The Hall–Kier alpha value is -4.95. The maximum Gasteiger partial charge on any atom is 0.261 e. The average molecular weight is 645 g/mol. The number of ether oxygens (including phenoxy) is 1. The average Bonchev–Trinajstić information content (AvgIpc) is 3.35. The summed E-state index contributed by atoms with van der Waals surface area (Å²) in [5.74, 6) is 1.62. The van der Waals surface area contributed by atoms with Crippen molar-refractivity contribution >= 4 is 38.2 Å². The quantitative estimate of drug-likeness (QED) is 0.126. The molecule has 0 bridgehead atoms. The predicted octanol–water partition coefficient (Wildman–Crippen LogP) is 9.14. The predicted molar refractivity (Wildman–Crippen MR) is 193 cm³/mol. The molecule has 0 saturated heterocycles. The van der Waals surface area contributed by atoms with Gasteiger partial charge in [0.2, 0.25) is 0 Å². The summed E-state index contributed by atoms with van der Waals surface area (Å²) < 4.78 is 35.6. The molecule has 240 valence electrons. The van der Waals surface area contributed by atoms with Gasteiger partial charge >= 0.3 is 0 Å². The number of rotatable bonds is 12. The minimum absolute atomic E-state index is 0.136. The Morgan fingerprint density at radius 3 is 2.23 bits per heavy atom. The van der Waals surface area contributed by atoms with E-state index in [1.54, 1.807) is 36.4 Å². The van der Waals surface area contributed by atoms with Gasteiger partial charge in [-0.05, 0) is 103 Å². The third-order valence-corrected chi connectivity index (χ3v) is 9.92. The second-order valence-electron chi connectivity index (χ2n) is 12.2. The van der Waals surface area contributed by atoms with Crippen molar-refractivity contribution in [1.82, 2.24) is 0 Å². The molecule has 0 fully saturated rings. The van der Waals surface area contributed by atoms with E-state index in [2.05, 4.69) is 60.0 Å². The number of hydrogen-bond donors (Lipinski definition) is 3. The van der Waals surface area contributed by atoms with Gasteiger partial charge in [-0.1, -0.05) is 74.7 Å². The molecular weight excluding hydrogens is 605 g/mol. The van der Waals surface area contributed by atoms with Crippen molar-refractivity contribution in [2.24, 2.45) is 10.7 Å². The van der Waals surface area contributed by atoms with E-state index in [1.807, 2.05) is 25.1 Å². The van der Waals surface area contributed by atoms with Gasteiger partial charge in [0.25, 0.3) is 10.0 Å². The van der Waals surface area contributed by atoms with Crippen LogP contribution in [0.3, 0.4) is 0 Å². The molecule has 6 rings (SSSR count). The number of aryl methyl sites for hydroxylation is 3.